The van der Waals surface area contributed by atoms with Gasteiger partial charge in [0.25, 0.3) is 0 Å². The van der Waals surface area contributed by atoms with Crippen LogP contribution < -0.4 is 0 Å². The molecule has 0 bridgehead atoms. The van der Waals surface area contributed by atoms with Crippen molar-refractivity contribution in [2.45, 2.75) is 63.1 Å². The molecule has 5 aromatic rings. The second kappa shape index (κ2) is 19.1. The van der Waals surface area contributed by atoms with Crippen molar-refractivity contribution in [3.8, 4) is 0 Å². The van der Waals surface area contributed by atoms with E-state index < -0.39 is 42.6 Å². The minimum absolute atomic E-state index is 0.145. The summed E-state index contributed by atoms with van der Waals surface area (Å²) in [5, 5.41) is 10.2. The van der Waals surface area contributed by atoms with Crippen molar-refractivity contribution >= 4 is 5.97 Å². The summed E-state index contributed by atoms with van der Waals surface area (Å²) in [6.07, 6.45) is -3.73. The molecule has 1 unspecified atom stereocenters. The van der Waals surface area contributed by atoms with Crippen molar-refractivity contribution in [2.75, 3.05) is 13.2 Å². The van der Waals surface area contributed by atoms with Gasteiger partial charge < -0.3 is 33.5 Å². The lowest BCUT2D eigenvalue weighted by Crippen LogP contribution is -2.62. The molecule has 0 aliphatic carbocycles. The summed E-state index contributed by atoms with van der Waals surface area (Å²) in [7, 11) is 0. The highest BCUT2D eigenvalue weighted by molar-refractivity contribution is 5.76. The summed E-state index contributed by atoms with van der Waals surface area (Å²) >= 11 is 0. The van der Waals surface area contributed by atoms with E-state index in [4.69, 9.17) is 28.4 Å². The van der Waals surface area contributed by atoms with Crippen molar-refractivity contribution < 1.29 is 38.3 Å². The first kappa shape index (κ1) is 36.1. The molecule has 1 heterocycles. The Kier molecular flexibility index (Phi) is 13.5. The summed E-state index contributed by atoms with van der Waals surface area (Å²) in [6, 6.07) is 48.6. The summed E-state index contributed by atoms with van der Waals surface area (Å²) in [5.41, 5.74) is 4.59. The van der Waals surface area contributed by atoms with Crippen LogP contribution in [-0.4, -0.2) is 55.0 Å². The largest absolute Gasteiger partial charge is 0.481 e. The van der Waals surface area contributed by atoms with Gasteiger partial charge in [-0.1, -0.05) is 152 Å². The highest BCUT2D eigenvalue weighted by Crippen LogP contribution is 2.32. The number of carbonyl (C=O) groups is 1. The Bertz CT molecular complexity index is 1710. The first-order valence-corrected chi connectivity index (χ1v) is 17.3. The zero-order valence-electron chi connectivity index (χ0n) is 28.4. The van der Waals surface area contributed by atoms with Crippen LogP contribution in [0.15, 0.2) is 152 Å². The van der Waals surface area contributed by atoms with Gasteiger partial charge in [0.05, 0.1) is 39.6 Å². The van der Waals surface area contributed by atoms with E-state index in [1.54, 1.807) is 12.1 Å². The molecule has 1 aliphatic heterocycles. The van der Waals surface area contributed by atoms with Gasteiger partial charge in [-0.3, -0.25) is 4.79 Å². The lowest BCUT2D eigenvalue weighted by molar-refractivity contribution is -0.328. The topological polar surface area (TPSA) is 92.7 Å². The molecule has 51 heavy (non-hydrogen) atoms. The first-order chi connectivity index (χ1) is 25.1. The molecule has 0 saturated carbocycles. The maximum absolute atomic E-state index is 12.5. The van der Waals surface area contributed by atoms with Crippen LogP contribution >= 0.6 is 0 Å². The molecule has 1 aliphatic rings. The van der Waals surface area contributed by atoms with Gasteiger partial charge in [0.15, 0.2) is 6.29 Å². The monoisotopic (exact) mass is 688 g/mol. The second-order valence-electron chi connectivity index (χ2n) is 12.5. The molecule has 0 radical (unpaired) electrons. The summed E-state index contributed by atoms with van der Waals surface area (Å²) in [5.74, 6) is -1.92. The van der Waals surface area contributed by atoms with Gasteiger partial charge >= 0.3 is 5.97 Å². The standard InChI is InChI=1S/C43H44O8/c44-42(45)37(36-24-14-5-15-25-36)30-50-43-41(49-29-35-22-12-4-13-23-35)40(48-28-34-20-10-3-11-21-34)39(47-27-33-18-8-2-9-19-33)38(51-43)31-46-26-32-16-6-1-7-17-32/h1-25,37-41,43H,26-31H2,(H,44,45)/t37?,38-,39-,40+,41+,43+/m1/s1. The number of aliphatic carboxylic acids is 1. The van der Waals surface area contributed by atoms with Crippen LogP contribution in [0.25, 0.3) is 0 Å². The molecule has 8 nitrogen and oxygen atoms in total. The van der Waals surface area contributed by atoms with E-state index >= 15 is 0 Å². The maximum Gasteiger partial charge on any atom is 0.313 e. The van der Waals surface area contributed by atoms with Gasteiger partial charge in [0, 0.05) is 0 Å². The van der Waals surface area contributed by atoms with E-state index in [0.29, 0.717) is 18.8 Å². The number of carboxylic acid groups (broad SMARTS) is 1. The van der Waals surface area contributed by atoms with Gasteiger partial charge in [0.1, 0.15) is 30.3 Å². The molecule has 0 aromatic heterocycles. The molecule has 5 aromatic carbocycles. The van der Waals surface area contributed by atoms with Gasteiger partial charge in [0.2, 0.25) is 0 Å². The highest BCUT2D eigenvalue weighted by atomic mass is 16.7. The lowest BCUT2D eigenvalue weighted by atomic mass is 9.97. The number of hydrogen-bond donors (Lipinski definition) is 1. The molecule has 1 N–H and O–H groups in total. The highest BCUT2D eigenvalue weighted by Gasteiger charge is 2.49. The predicted octanol–water partition coefficient (Wildman–Crippen LogP) is 7.57. The zero-order valence-corrected chi connectivity index (χ0v) is 28.4. The third-order valence-corrected chi connectivity index (χ3v) is 8.77. The Morgan fingerprint density at radius 1 is 0.529 bits per heavy atom. The van der Waals surface area contributed by atoms with Crippen molar-refractivity contribution in [3.63, 3.8) is 0 Å². The van der Waals surface area contributed by atoms with Crippen molar-refractivity contribution in [1.82, 2.24) is 0 Å². The van der Waals surface area contributed by atoms with Crippen LogP contribution in [-0.2, 0) is 59.6 Å². The molecular formula is C43H44O8. The fourth-order valence-corrected chi connectivity index (χ4v) is 6.07. The number of ether oxygens (including phenoxy) is 6. The molecule has 0 amide bonds. The Labute approximate surface area is 299 Å². The van der Waals surface area contributed by atoms with Crippen LogP contribution in [0, 0.1) is 0 Å². The molecule has 264 valence electrons. The van der Waals surface area contributed by atoms with Crippen LogP contribution in [0.1, 0.15) is 33.7 Å². The smallest absolute Gasteiger partial charge is 0.313 e. The fourth-order valence-electron chi connectivity index (χ4n) is 6.07. The Hall–Kier alpha value is -4.67. The third kappa shape index (κ3) is 10.7. The summed E-state index contributed by atoms with van der Waals surface area (Å²) < 4.78 is 39.5. The van der Waals surface area contributed by atoms with Crippen molar-refractivity contribution in [1.29, 1.82) is 0 Å². The fraction of sp³-hybridized carbons (Fsp3) is 0.279. The first-order valence-electron chi connectivity index (χ1n) is 17.3. The SMILES string of the molecule is O=C(O)C(CO[C@H]1O[C@H](COCc2ccccc2)[C@@H](OCc2ccccc2)[C@H](OCc2ccccc2)[C@@H]1OCc1ccccc1)c1ccccc1. The van der Waals surface area contributed by atoms with Crippen molar-refractivity contribution in [3.05, 3.63) is 179 Å². The van der Waals surface area contributed by atoms with Crippen molar-refractivity contribution in [2.24, 2.45) is 0 Å². The Balaban J connectivity index is 1.32. The molecule has 8 heteroatoms. The van der Waals surface area contributed by atoms with E-state index in [1.165, 1.54) is 0 Å². The molecule has 1 saturated heterocycles. The van der Waals surface area contributed by atoms with Crippen LogP contribution in [0.5, 0.6) is 0 Å². The van der Waals surface area contributed by atoms with Crippen LogP contribution in [0.2, 0.25) is 0 Å². The van der Waals surface area contributed by atoms with Gasteiger partial charge in [-0.2, -0.15) is 0 Å². The van der Waals surface area contributed by atoms with E-state index in [1.807, 2.05) is 140 Å². The van der Waals surface area contributed by atoms with Crippen LogP contribution in [0.3, 0.4) is 0 Å². The average molecular weight is 689 g/mol. The minimum Gasteiger partial charge on any atom is -0.481 e. The Morgan fingerprint density at radius 3 is 1.41 bits per heavy atom. The zero-order chi connectivity index (χ0) is 35.1. The normalized spacial score (nSPS) is 20.8. The number of benzene rings is 5. The summed E-state index contributed by atoms with van der Waals surface area (Å²) in [4.78, 5) is 12.5. The number of hydrogen-bond acceptors (Lipinski definition) is 7. The number of carboxylic acids is 1. The lowest BCUT2D eigenvalue weighted by Gasteiger charge is -2.46. The molecule has 6 atom stereocenters. The second-order valence-corrected chi connectivity index (χ2v) is 12.5. The van der Waals surface area contributed by atoms with E-state index in [2.05, 4.69) is 0 Å². The molecule has 0 spiro atoms. The van der Waals surface area contributed by atoms with Gasteiger partial charge in [-0.25, -0.2) is 0 Å². The summed E-state index contributed by atoms with van der Waals surface area (Å²) in [6.45, 7) is 1.24. The quantitative estimate of drug-likeness (QED) is 0.101. The third-order valence-electron chi connectivity index (χ3n) is 8.77. The van der Waals surface area contributed by atoms with Gasteiger partial charge in [-0.05, 0) is 27.8 Å². The Morgan fingerprint density at radius 2 is 0.941 bits per heavy atom. The maximum atomic E-state index is 12.5. The number of rotatable bonds is 18. The molecular weight excluding hydrogens is 644 g/mol. The molecule has 6 rings (SSSR count). The molecule has 1 fully saturated rings. The average Bonchev–Trinajstić information content (AvgIpc) is 3.18. The predicted molar refractivity (Wildman–Crippen MR) is 193 cm³/mol. The van der Waals surface area contributed by atoms with Crippen LogP contribution in [0.4, 0.5) is 0 Å². The van der Waals surface area contributed by atoms with E-state index in [0.717, 1.165) is 22.3 Å². The van der Waals surface area contributed by atoms with E-state index in [9.17, 15) is 9.90 Å². The van der Waals surface area contributed by atoms with Gasteiger partial charge in [-0.15, -0.1) is 0 Å². The minimum atomic E-state index is -0.998. The van der Waals surface area contributed by atoms with E-state index in [-0.39, 0.29) is 26.4 Å².